The van der Waals surface area contributed by atoms with Gasteiger partial charge in [0.25, 0.3) is 17.7 Å². The lowest BCUT2D eigenvalue weighted by Gasteiger charge is -2.29. The van der Waals surface area contributed by atoms with E-state index in [9.17, 15) is 19.2 Å². The molecule has 1 fully saturated rings. The Hall–Kier alpha value is -3.48. The van der Waals surface area contributed by atoms with Gasteiger partial charge in [-0.25, -0.2) is 4.79 Å². The lowest BCUT2D eigenvalue weighted by Crippen LogP contribution is -2.40. The molecule has 31 heavy (non-hydrogen) atoms. The minimum absolute atomic E-state index is 0.0816. The SMILES string of the molecule is Cc1cccc(NC(=O)COC(=O)c2ccc3c(c2)C(=O)N(C2CCCCC2)C3=O)c1. The number of carbonyl (C=O) groups excluding carboxylic acids is 4. The molecule has 1 N–H and O–H groups in total. The number of benzene rings is 2. The summed E-state index contributed by atoms with van der Waals surface area (Å²) < 4.78 is 5.10. The lowest BCUT2D eigenvalue weighted by molar-refractivity contribution is -0.119. The third kappa shape index (κ3) is 4.35. The van der Waals surface area contributed by atoms with Gasteiger partial charge in [0.15, 0.2) is 6.61 Å². The Balaban J connectivity index is 1.40. The van der Waals surface area contributed by atoms with Crippen LogP contribution in [0.25, 0.3) is 0 Å². The van der Waals surface area contributed by atoms with E-state index < -0.39 is 18.5 Å². The van der Waals surface area contributed by atoms with Crippen LogP contribution in [-0.4, -0.2) is 41.2 Å². The molecule has 160 valence electrons. The highest BCUT2D eigenvalue weighted by molar-refractivity contribution is 6.22. The number of anilines is 1. The number of fused-ring (bicyclic) bond motifs is 1. The molecule has 0 aromatic heterocycles. The second-order valence-electron chi connectivity index (χ2n) is 8.03. The van der Waals surface area contributed by atoms with Crippen molar-refractivity contribution in [2.45, 2.75) is 45.1 Å². The van der Waals surface area contributed by atoms with Crippen molar-refractivity contribution in [3.63, 3.8) is 0 Å². The molecule has 0 saturated heterocycles. The van der Waals surface area contributed by atoms with Crippen LogP contribution in [0, 0.1) is 6.92 Å². The standard InChI is InChI=1S/C24H24N2O5/c1-15-6-5-7-17(12-15)25-21(27)14-31-24(30)16-10-11-19-20(13-16)23(29)26(22(19)28)18-8-3-2-4-9-18/h5-7,10-13,18H,2-4,8-9,14H2,1H3,(H,25,27). The number of ether oxygens (including phenoxy) is 1. The molecule has 7 heteroatoms. The first-order valence-electron chi connectivity index (χ1n) is 10.5. The van der Waals surface area contributed by atoms with Gasteiger partial charge in [-0.1, -0.05) is 31.4 Å². The Morgan fingerprint density at radius 3 is 2.48 bits per heavy atom. The number of amides is 3. The first-order chi connectivity index (χ1) is 14.9. The number of nitrogens with one attached hydrogen (secondary N) is 1. The summed E-state index contributed by atoms with van der Waals surface area (Å²) in [5.74, 6) is -1.85. The molecule has 0 atom stereocenters. The van der Waals surface area contributed by atoms with Crippen LogP contribution in [0.2, 0.25) is 0 Å². The molecule has 7 nitrogen and oxygen atoms in total. The van der Waals surface area contributed by atoms with Crippen LogP contribution in [0.5, 0.6) is 0 Å². The first kappa shape index (κ1) is 20.8. The highest BCUT2D eigenvalue weighted by Crippen LogP contribution is 2.31. The molecule has 2 aromatic rings. The first-order valence-corrected chi connectivity index (χ1v) is 10.5. The molecule has 2 aromatic carbocycles. The summed E-state index contributed by atoms with van der Waals surface area (Å²) >= 11 is 0. The summed E-state index contributed by atoms with van der Waals surface area (Å²) in [4.78, 5) is 51.4. The average molecular weight is 420 g/mol. The van der Waals surface area contributed by atoms with Gasteiger partial charge in [-0.15, -0.1) is 0 Å². The third-order valence-corrected chi connectivity index (χ3v) is 5.73. The van der Waals surface area contributed by atoms with E-state index in [-0.39, 0.29) is 29.0 Å². The zero-order chi connectivity index (χ0) is 22.0. The zero-order valence-electron chi connectivity index (χ0n) is 17.3. The molecular formula is C24H24N2O5. The molecule has 3 amide bonds. The van der Waals surface area contributed by atoms with Crippen molar-refractivity contribution in [1.29, 1.82) is 0 Å². The van der Waals surface area contributed by atoms with Crippen molar-refractivity contribution in [2.24, 2.45) is 0 Å². The predicted octanol–water partition coefficient (Wildman–Crippen LogP) is 3.72. The minimum Gasteiger partial charge on any atom is -0.452 e. The lowest BCUT2D eigenvalue weighted by atomic mass is 9.94. The number of nitrogens with zero attached hydrogens (tertiary/aromatic N) is 1. The number of hydrogen-bond acceptors (Lipinski definition) is 5. The molecule has 0 radical (unpaired) electrons. The highest BCUT2D eigenvalue weighted by atomic mass is 16.5. The third-order valence-electron chi connectivity index (χ3n) is 5.73. The fourth-order valence-electron chi connectivity index (χ4n) is 4.19. The van der Waals surface area contributed by atoms with Crippen molar-refractivity contribution in [3.8, 4) is 0 Å². The Labute approximate surface area is 180 Å². The summed E-state index contributed by atoms with van der Waals surface area (Å²) in [7, 11) is 0. The zero-order valence-corrected chi connectivity index (χ0v) is 17.3. The van der Waals surface area contributed by atoms with Gasteiger partial charge in [0.05, 0.1) is 16.7 Å². The van der Waals surface area contributed by atoms with Crippen molar-refractivity contribution < 1.29 is 23.9 Å². The normalized spacial score (nSPS) is 16.2. The van der Waals surface area contributed by atoms with E-state index in [0.29, 0.717) is 11.3 Å². The number of esters is 1. The van der Waals surface area contributed by atoms with Gasteiger partial charge < -0.3 is 10.1 Å². The van der Waals surface area contributed by atoms with E-state index in [0.717, 1.165) is 37.7 Å². The van der Waals surface area contributed by atoms with Crippen LogP contribution in [-0.2, 0) is 9.53 Å². The van der Waals surface area contributed by atoms with Gasteiger partial charge >= 0.3 is 5.97 Å². The Morgan fingerprint density at radius 2 is 1.74 bits per heavy atom. The molecule has 0 bridgehead atoms. The molecule has 1 aliphatic carbocycles. The van der Waals surface area contributed by atoms with Crippen molar-refractivity contribution >= 4 is 29.4 Å². The number of imide groups is 1. The van der Waals surface area contributed by atoms with Gasteiger partial charge in [-0.2, -0.15) is 0 Å². The highest BCUT2D eigenvalue weighted by Gasteiger charge is 2.40. The molecule has 1 aliphatic heterocycles. The summed E-state index contributed by atoms with van der Waals surface area (Å²) in [5, 5.41) is 2.66. The summed E-state index contributed by atoms with van der Waals surface area (Å²) in [6, 6.07) is 11.5. The summed E-state index contributed by atoms with van der Waals surface area (Å²) in [6.45, 7) is 1.45. The Kier molecular flexibility index (Phi) is 5.84. The predicted molar refractivity (Wildman–Crippen MR) is 114 cm³/mol. The van der Waals surface area contributed by atoms with Gasteiger partial charge in [-0.3, -0.25) is 19.3 Å². The molecule has 1 saturated carbocycles. The topological polar surface area (TPSA) is 92.8 Å². The number of hydrogen-bond donors (Lipinski definition) is 1. The van der Waals surface area contributed by atoms with Gasteiger partial charge in [0.1, 0.15) is 0 Å². The maximum atomic E-state index is 12.9. The van der Waals surface area contributed by atoms with Crippen LogP contribution in [0.1, 0.15) is 68.7 Å². The second kappa shape index (κ2) is 8.71. The molecular weight excluding hydrogens is 396 g/mol. The smallest absolute Gasteiger partial charge is 0.338 e. The van der Waals surface area contributed by atoms with Gasteiger partial charge in [0.2, 0.25) is 0 Å². The van der Waals surface area contributed by atoms with Crippen LogP contribution in [0.3, 0.4) is 0 Å². The molecule has 4 rings (SSSR count). The van der Waals surface area contributed by atoms with E-state index in [1.165, 1.54) is 23.1 Å². The fourth-order valence-corrected chi connectivity index (χ4v) is 4.19. The van der Waals surface area contributed by atoms with Crippen molar-refractivity contribution in [3.05, 3.63) is 64.7 Å². The largest absolute Gasteiger partial charge is 0.452 e. The molecule has 1 heterocycles. The quantitative estimate of drug-likeness (QED) is 0.588. The number of aryl methyl sites for hydroxylation is 1. The fraction of sp³-hybridized carbons (Fsp3) is 0.333. The van der Waals surface area contributed by atoms with Crippen LogP contribution < -0.4 is 5.32 Å². The maximum absolute atomic E-state index is 12.9. The minimum atomic E-state index is -0.724. The van der Waals surface area contributed by atoms with E-state index in [4.69, 9.17) is 4.74 Å². The van der Waals surface area contributed by atoms with Crippen molar-refractivity contribution in [2.75, 3.05) is 11.9 Å². The monoisotopic (exact) mass is 420 g/mol. The van der Waals surface area contributed by atoms with E-state index in [2.05, 4.69) is 5.32 Å². The summed E-state index contributed by atoms with van der Waals surface area (Å²) in [6.07, 6.45) is 4.75. The Bertz CT molecular complexity index is 1060. The van der Waals surface area contributed by atoms with E-state index >= 15 is 0 Å². The summed E-state index contributed by atoms with van der Waals surface area (Å²) in [5.41, 5.74) is 2.27. The Morgan fingerprint density at radius 1 is 1.00 bits per heavy atom. The van der Waals surface area contributed by atoms with Crippen LogP contribution in [0.15, 0.2) is 42.5 Å². The average Bonchev–Trinajstić information content (AvgIpc) is 3.02. The molecule has 0 spiro atoms. The maximum Gasteiger partial charge on any atom is 0.338 e. The van der Waals surface area contributed by atoms with Crippen LogP contribution in [0.4, 0.5) is 5.69 Å². The molecule has 0 unspecified atom stereocenters. The van der Waals surface area contributed by atoms with Gasteiger partial charge in [-0.05, 0) is 55.7 Å². The van der Waals surface area contributed by atoms with Gasteiger partial charge in [0, 0.05) is 11.7 Å². The molecule has 2 aliphatic rings. The van der Waals surface area contributed by atoms with Crippen LogP contribution >= 0.6 is 0 Å². The number of carbonyl (C=O) groups is 4. The van der Waals surface area contributed by atoms with E-state index in [1.807, 2.05) is 19.1 Å². The van der Waals surface area contributed by atoms with Crippen molar-refractivity contribution in [1.82, 2.24) is 4.90 Å². The number of rotatable bonds is 5. The van der Waals surface area contributed by atoms with E-state index in [1.54, 1.807) is 12.1 Å². The second-order valence-corrected chi connectivity index (χ2v) is 8.03.